The molecule has 2 rings (SSSR count). The predicted molar refractivity (Wildman–Crippen MR) is 74.4 cm³/mol. The van der Waals surface area contributed by atoms with Gasteiger partial charge in [0.1, 0.15) is 6.54 Å². The SMILES string of the molecule is CN(CC(=O)O)C(=O)c1sccc1-c1ccccc1. The van der Waals surface area contributed by atoms with Gasteiger partial charge < -0.3 is 10.0 Å². The van der Waals surface area contributed by atoms with E-state index in [1.165, 1.54) is 23.3 Å². The molecule has 2 aromatic rings. The number of carboxylic acid groups (broad SMARTS) is 1. The molecule has 1 amide bonds. The highest BCUT2D eigenvalue weighted by Crippen LogP contribution is 2.28. The maximum Gasteiger partial charge on any atom is 0.323 e. The van der Waals surface area contributed by atoms with E-state index < -0.39 is 5.97 Å². The summed E-state index contributed by atoms with van der Waals surface area (Å²) in [4.78, 5) is 24.6. The molecule has 0 fully saturated rings. The summed E-state index contributed by atoms with van der Waals surface area (Å²) in [5.41, 5.74) is 1.80. The zero-order chi connectivity index (χ0) is 13.8. The van der Waals surface area contributed by atoms with Crippen LogP contribution in [0.4, 0.5) is 0 Å². The van der Waals surface area contributed by atoms with Gasteiger partial charge in [0.15, 0.2) is 0 Å². The van der Waals surface area contributed by atoms with Crippen LogP contribution in [-0.4, -0.2) is 35.5 Å². The number of likely N-dealkylation sites (N-methyl/N-ethyl adjacent to an activating group) is 1. The van der Waals surface area contributed by atoms with Crippen LogP contribution in [0.3, 0.4) is 0 Å². The fourth-order valence-corrected chi connectivity index (χ4v) is 2.68. The first-order chi connectivity index (χ1) is 9.09. The van der Waals surface area contributed by atoms with Crippen molar-refractivity contribution in [1.82, 2.24) is 4.90 Å². The Bertz CT molecular complexity index is 592. The van der Waals surface area contributed by atoms with Crippen molar-refractivity contribution in [3.05, 3.63) is 46.7 Å². The first kappa shape index (κ1) is 13.3. The Morgan fingerprint density at radius 1 is 1.21 bits per heavy atom. The monoisotopic (exact) mass is 275 g/mol. The van der Waals surface area contributed by atoms with E-state index >= 15 is 0 Å². The van der Waals surface area contributed by atoms with E-state index in [4.69, 9.17) is 5.11 Å². The van der Waals surface area contributed by atoms with Gasteiger partial charge in [0.2, 0.25) is 0 Å². The normalized spacial score (nSPS) is 10.2. The summed E-state index contributed by atoms with van der Waals surface area (Å²) in [6.07, 6.45) is 0. The molecule has 1 aromatic carbocycles. The molecule has 0 bridgehead atoms. The molecule has 0 aliphatic heterocycles. The van der Waals surface area contributed by atoms with E-state index in [9.17, 15) is 9.59 Å². The van der Waals surface area contributed by atoms with Crippen LogP contribution in [0.2, 0.25) is 0 Å². The molecule has 0 radical (unpaired) electrons. The minimum Gasteiger partial charge on any atom is -0.480 e. The van der Waals surface area contributed by atoms with Gasteiger partial charge in [-0.15, -0.1) is 11.3 Å². The van der Waals surface area contributed by atoms with Crippen LogP contribution in [0.25, 0.3) is 11.1 Å². The zero-order valence-electron chi connectivity index (χ0n) is 10.4. The van der Waals surface area contributed by atoms with E-state index in [1.807, 2.05) is 41.8 Å². The lowest BCUT2D eigenvalue weighted by Gasteiger charge is -2.14. The molecule has 0 saturated heterocycles. The number of nitrogens with zero attached hydrogens (tertiary/aromatic N) is 1. The Kier molecular flexibility index (Phi) is 3.97. The summed E-state index contributed by atoms with van der Waals surface area (Å²) < 4.78 is 0. The second kappa shape index (κ2) is 5.67. The van der Waals surface area contributed by atoms with E-state index in [0.717, 1.165) is 11.1 Å². The third-order valence-corrected chi connectivity index (χ3v) is 3.57. The number of carboxylic acids is 1. The third-order valence-electron chi connectivity index (χ3n) is 2.66. The van der Waals surface area contributed by atoms with Crippen LogP contribution in [0, 0.1) is 0 Å². The number of hydrogen-bond donors (Lipinski definition) is 1. The highest BCUT2D eigenvalue weighted by Gasteiger charge is 2.19. The number of aliphatic carboxylic acids is 1. The Morgan fingerprint density at radius 3 is 2.53 bits per heavy atom. The van der Waals surface area contributed by atoms with Crippen molar-refractivity contribution in [2.75, 3.05) is 13.6 Å². The minimum atomic E-state index is -1.02. The summed E-state index contributed by atoms with van der Waals surface area (Å²) in [6.45, 7) is -0.301. The molecule has 1 aromatic heterocycles. The molecular weight excluding hydrogens is 262 g/mol. The van der Waals surface area contributed by atoms with Crippen LogP contribution in [0.15, 0.2) is 41.8 Å². The second-order valence-electron chi connectivity index (χ2n) is 4.08. The molecule has 5 heteroatoms. The Labute approximate surface area is 114 Å². The molecule has 4 nitrogen and oxygen atoms in total. The highest BCUT2D eigenvalue weighted by atomic mass is 32.1. The Hall–Kier alpha value is -2.14. The maximum atomic E-state index is 12.2. The van der Waals surface area contributed by atoms with Crippen LogP contribution in [-0.2, 0) is 4.79 Å². The molecule has 98 valence electrons. The van der Waals surface area contributed by atoms with Gasteiger partial charge in [-0.25, -0.2) is 0 Å². The molecule has 0 aliphatic rings. The van der Waals surface area contributed by atoms with Gasteiger partial charge in [-0.3, -0.25) is 9.59 Å². The molecule has 0 saturated carbocycles. The summed E-state index contributed by atoms with van der Waals surface area (Å²) in [7, 11) is 1.49. The van der Waals surface area contributed by atoms with Gasteiger partial charge in [0.25, 0.3) is 5.91 Å². The highest BCUT2D eigenvalue weighted by molar-refractivity contribution is 7.12. The third kappa shape index (κ3) is 3.00. The fourth-order valence-electron chi connectivity index (χ4n) is 1.77. The average Bonchev–Trinajstić information content (AvgIpc) is 2.87. The van der Waals surface area contributed by atoms with Crippen molar-refractivity contribution in [2.45, 2.75) is 0 Å². The summed E-state index contributed by atoms with van der Waals surface area (Å²) in [5, 5.41) is 10.6. The van der Waals surface area contributed by atoms with Crippen LogP contribution in [0.5, 0.6) is 0 Å². The number of carbonyl (C=O) groups excluding carboxylic acids is 1. The quantitative estimate of drug-likeness (QED) is 0.933. The van der Waals surface area contributed by atoms with Crippen molar-refractivity contribution in [1.29, 1.82) is 0 Å². The largest absolute Gasteiger partial charge is 0.480 e. The lowest BCUT2D eigenvalue weighted by atomic mass is 10.1. The molecule has 0 atom stereocenters. The fraction of sp³-hybridized carbons (Fsp3) is 0.143. The first-order valence-electron chi connectivity index (χ1n) is 5.69. The zero-order valence-corrected chi connectivity index (χ0v) is 11.2. The minimum absolute atomic E-state index is 0.267. The van der Waals surface area contributed by atoms with E-state index in [2.05, 4.69) is 0 Å². The van der Waals surface area contributed by atoms with E-state index in [-0.39, 0.29) is 12.5 Å². The van der Waals surface area contributed by atoms with Crippen LogP contribution < -0.4 is 0 Å². The van der Waals surface area contributed by atoms with Crippen molar-refractivity contribution < 1.29 is 14.7 Å². The predicted octanol–water partition coefficient (Wildman–Crippen LogP) is 2.57. The van der Waals surface area contributed by atoms with Crippen molar-refractivity contribution in [3.8, 4) is 11.1 Å². The second-order valence-corrected chi connectivity index (χ2v) is 5.00. The number of amides is 1. The van der Waals surface area contributed by atoms with Crippen molar-refractivity contribution in [2.24, 2.45) is 0 Å². The molecule has 0 spiro atoms. The van der Waals surface area contributed by atoms with Gasteiger partial charge in [0, 0.05) is 12.6 Å². The van der Waals surface area contributed by atoms with Crippen molar-refractivity contribution >= 4 is 23.2 Å². The van der Waals surface area contributed by atoms with Gasteiger partial charge >= 0.3 is 5.97 Å². The first-order valence-corrected chi connectivity index (χ1v) is 6.57. The van der Waals surface area contributed by atoms with Crippen LogP contribution >= 0.6 is 11.3 Å². The average molecular weight is 275 g/mol. The Balaban J connectivity index is 2.30. The topological polar surface area (TPSA) is 57.6 Å². The molecule has 1 heterocycles. The summed E-state index contributed by atoms with van der Waals surface area (Å²) >= 11 is 1.32. The molecule has 19 heavy (non-hydrogen) atoms. The molecule has 1 N–H and O–H groups in total. The van der Waals surface area contributed by atoms with Gasteiger partial charge in [0.05, 0.1) is 4.88 Å². The lowest BCUT2D eigenvalue weighted by Crippen LogP contribution is -2.31. The number of hydrogen-bond acceptors (Lipinski definition) is 3. The molecular formula is C14H13NO3S. The standard InChI is InChI=1S/C14H13NO3S/c1-15(9-12(16)17)14(18)13-11(7-8-19-13)10-5-3-2-4-6-10/h2-8H,9H2,1H3,(H,16,17). The van der Waals surface area contributed by atoms with Gasteiger partial charge in [-0.2, -0.15) is 0 Å². The van der Waals surface area contributed by atoms with Gasteiger partial charge in [-0.1, -0.05) is 30.3 Å². The van der Waals surface area contributed by atoms with E-state index in [1.54, 1.807) is 0 Å². The smallest absolute Gasteiger partial charge is 0.323 e. The Morgan fingerprint density at radius 2 is 1.89 bits per heavy atom. The summed E-state index contributed by atoms with van der Waals surface area (Å²) in [6, 6.07) is 11.5. The van der Waals surface area contributed by atoms with Gasteiger partial charge in [-0.05, 0) is 17.0 Å². The summed E-state index contributed by atoms with van der Waals surface area (Å²) in [5.74, 6) is -1.29. The maximum absolute atomic E-state index is 12.2. The number of carbonyl (C=O) groups is 2. The molecule has 0 aliphatic carbocycles. The van der Waals surface area contributed by atoms with Crippen molar-refractivity contribution in [3.63, 3.8) is 0 Å². The van der Waals surface area contributed by atoms with E-state index in [0.29, 0.717) is 4.88 Å². The number of benzene rings is 1. The number of thiophene rings is 1. The van der Waals surface area contributed by atoms with Crippen LogP contribution in [0.1, 0.15) is 9.67 Å². The lowest BCUT2D eigenvalue weighted by molar-refractivity contribution is -0.137. The molecule has 0 unspecified atom stereocenters. The number of rotatable bonds is 4.